The maximum absolute atomic E-state index is 14.8. The van der Waals surface area contributed by atoms with Crippen LogP contribution in [0.15, 0.2) is 115 Å². The van der Waals surface area contributed by atoms with Crippen molar-refractivity contribution in [3.8, 4) is 34.5 Å². The number of rotatable bonds is 29. The summed E-state index contributed by atoms with van der Waals surface area (Å²) >= 11 is 0. The molecule has 0 spiro atoms. The van der Waals surface area contributed by atoms with Gasteiger partial charge in [-0.1, -0.05) is 116 Å². The van der Waals surface area contributed by atoms with Gasteiger partial charge in [0.05, 0.1) is 35.5 Å². The van der Waals surface area contributed by atoms with Crippen LogP contribution >= 0.6 is 0 Å². The van der Waals surface area contributed by atoms with E-state index in [9.17, 15) is 23.6 Å². The summed E-state index contributed by atoms with van der Waals surface area (Å²) < 4.78 is 48.2. The number of hydrogen-bond acceptors (Lipinski definition) is 10. The standard InChI is InChI=1S/C55H63FO10/c1-3-5-7-9-11-12-13-15-17-18-37-61-44-29-23-41(24-30-44)52(57)63-45-31-25-42(26-32-45)53(58)65-48-21-20-22-49(39-48)66-54(59)43-27-33-46(34-28-43)64-55(60)50-36-35-47(40-51(50)56)62-38-19-16-14-10-8-6-4-2/h20-36,39-40H,3-19,37-38H2,1-2H3. The molecule has 11 heteroatoms. The van der Waals surface area contributed by atoms with Crippen molar-refractivity contribution in [3.63, 3.8) is 0 Å². The van der Waals surface area contributed by atoms with E-state index in [-0.39, 0.29) is 39.7 Å². The summed E-state index contributed by atoms with van der Waals surface area (Å²) in [7, 11) is 0. The topological polar surface area (TPSA) is 124 Å². The van der Waals surface area contributed by atoms with Gasteiger partial charge in [0.15, 0.2) is 0 Å². The fourth-order valence-corrected chi connectivity index (χ4v) is 7.05. The lowest BCUT2D eigenvalue weighted by Crippen LogP contribution is -2.12. The lowest BCUT2D eigenvalue weighted by atomic mass is 10.1. The van der Waals surface area contributed by atoms with E-state index in [2.05, 4.69) is 13.8 Å². The van der Waals surface area contributed by atoms with Gasteiger partial charge < -0.3 is 28.4 Å². The Labute approximate surface area is 388 Å². The molecule has 0 aliphatic rings. The van der Waals surface area contributed by atoms with Crippen LogP contribution in [0.2, 0.25) is 0 Å². The lowest BCUT2D eigenvalue weighted by Gasteiger charge is -2.10. The predicted octanol–water partition coefficient (Wildman–Crippen LogP) is 14.1. The second kappa shape index (κ2) is 28.4. The van der Waals surface area contributed by atoms with E-state index in [0.29, 0.717) is 30.3 Å². The Morgan fingerprint density at radius 3 is 1.14 bits per heavy atom. The Morgan fingerprint density at radius 2 is 0.712 bits per heavy atom. The number of unbranched alkanes of at least 4 members (excludes halogenated alkanes) is 15. The van der Waals surface area contributed by atoms with Gasteiger partial charge in [-0.25, -0.2) is 23.6 Å². The molecule has 0 N–H and O–H groups in total. The highest BCUT2D eigenvalue weighted by molar-refractivity contribution is 5.94. The Bertz CT molecular complexity index is 2250. The molecule has 0 heterocycles. The zero-order valence-electron chi connectivity index (χ0n) is 38.4. The van der Waals surface area contributed by atoms with Crippen molar-refractivity contribution in [1.29, 1.82) is 0 Å². The second-order valence-electron chi connectivity index (χ2n) is 16.2. The molecule has 0 unspecified atom stereocenters. The number of ether oxygens (including phenoxy) is 6. The van der Waals surface area contributed by atoms with E-state index in [1.165, 1.54) is 162 Å². The van der Waals surface area contributed by atoms with Crippen LogP contribution in [0.5, 0.6) is 34.5 Å². The molecule has 0 aliphatic heterocycles. The molecule has 0 saturated carbocycles. The normalized spacial score (nSPS) is 10.8. The summed E-state index contributed by atoms with van der Waals surface area (Å²) in [6.45, 7) is 5.52. The van der Waals surface area contributed by atoms with Gasteiger partial charge >= 0.3 is 23.9 Å². The zero-order chi connectivity index (χ0) is 46.8. The zero-order valence-corrected chi connectivity index (χ0v) is 38.4. The molecule has 0 bridgehead atoms. The average Bonchev–Trinajstić information content (AvgIpc) is 3.32. The Hall–Kier alpha value is -6.49. The minimum absolute atomic E-state index is 0.0977. The molecule has 0 atom stereocenters. The van der Waals surface area contributed by atoms with Crippen LogP contribution < -0.4 is 28.4 Å². The highest BCUT2D eigenvalue weighted by Crippen LogP contribution is 2.25. The molecule has 0 aromatic heterocycles. The van der Waals surface area contributed by atoms with E-state index in [0.717, 1.165) is 32.1 Å². The second-order valence-corrected chi connectivity index (χ2v) is 16.2. The minimum atomic E-state index is -0.899. The molecule has 0 amide bonds. The van der Waals surface area contributed by atoms with Crippen molar-refractivity contribution in [3.05, 3.63) is 143 Å². The van der Waals surface area contributed by atoms with Gasteiger partial charge in [0.2, 0.25) is 0 Å². The molecule has 0 radical (unpaired) electrons. The first-order valence-electron chi connectivity index (χ1n) is 23.6. The van der Waals surface area contributed by atoms with Crippen LogP contribution in [0.4, 0.5) is 4.39 Å². The highest BCUT2D eigenvalue weighted by Gasteiger charge is 2.18. The van der Waals surface area contributed by atoms with Gasteiger partial charge in [-0.2, -0.15) is 0 Å². The van der Waals surface area contributed by atoms with Gasteiger partial charge in [-0.15, -0.1) is 0 Å². The third kappa shape index (κ3) is 17.8. The van der Waals surface area contributed by atoms with Crippen LogP contribution in [0, 0.1) is 5.82 Å². The fraction of sp³-hybridized carbons (Fsp3) is 0.382. The van der Waals surface area contributed by atoms with Gasteiger partial charge in [0.25, 0.3) is 0 Å². The molecule has 0 saturated heterocycles. The van der Waals surface area contributed by atoms with Gasteiger partial charge in [-0.3, -0.25) is 0 Å². The Kier molecular flexibility index (Phi) is 21.8. The third-order valence-electron chi connectivity index (χ3n) is 10.9. The highest BCUT2D eigenvalue weighted by atomic mass is 19.1. The van der Waals surface area contributed by atoms with Gasteiger partial charge in [-0.05, 0) is 110 Å². The first kappa shape index (κ1) is 50.5. The quantitative estimate of drug-likeness (QED) is 0.0260. The van der Waals surface area contributed by atoms with E-state index >= 15 is 0 Å². The fourth-order valence-electron chi connectivity index (χ4n) is 7.05. The molecule has 0 aliphatic carbocycles. The van der Waals surface area contributed by atoms with Crippen molar-refractivity contribution in [1.82, 2.24) is 0 Å². The summed E-state index contributed by atoms with van der Waals surface area (Å²) in [6, 6.07) is 28.3. The van der Waals surface area contributed by atoms with Crippen LogP contribution in [-0.4, -0.2) is 37.1 Å². The molecule has 5 aromatic rings. The van der Waals surface area contributed by atoms with E-state index in [1.54, 1.807) is 30.3 Å². The number of carbonyl (C=O) groups is 4. The number of esters is 4. The summed E-state index contributed by atoms with van der Waals surface area (Å²) in [5.41, 5.74) is 0.452. The minimum Gasteiger partial charge on any atom is -0.494 e. The lowest BCUT2D eigenvalue weighted by molar-refractivity contribution is 0.0719. The van der Waals surface area contributed by atoms with Crippen molar-refractivity contribution in [2.45, 2.75) is 123 Å². The first-order chi connectivity index (χ1) is 32.2. The maximum atomic E-state index is 14.8. The van der Waals surface area contributed by atoms with Crippen molar-refractivity contribution < 1.29 is 52.0 Å². The molecular formula is C55H63FO10. The van der Waals surface area contributed by atoms with Crippen molar-refractivity contribution >= 4 is 23.9 Å². The van der Waals surface area contributed by atoms with E-state index < -0.39 is 29.7 Å². The van der Waals surface area contributed by atoms with Gasteiger partial charge in [0.1, 0.15) is 40.3 Å². The smallest absolute Gasteiger partial charge is 0.346 e. The third-order valence-corrected chi connectivity index (χ3v) is 10.9. The molecule has 350 valence electrons. The summed E-state index contributed by atoms with van der Waals surface area (Å²) in [4.78, 5) is 51.4. The number of hydrogen-bond donors (Lipinski definition) is 0. The van der Waals surface area contributed by atoms with Crippen molar-refractivity contribution in [2.24, 2.45) is 0 Å². The summed E-state index contributed by atoms with van der Waals surface area (Å²) in [6.07, 6.45) is 20.5. The predicted molar refractivity (Wildman–Crippen MR) is 253 cm³/mol. The van der Waals surface area contributed by atoms with Crippen LogP contribution in [-0.2, 0) is 0 Å². The molecular weight excluding hydrogens is 840 g/mol. The maximum Gasteiger partial charge on any atom is 0.346 e. The molecule has 5 rings (SSSR count). The number of benzene rings is 5. The Balaban J connectivity index is 1.01. The average molecular weight is 903 g/mol. The van der Waals surface area contributed by atoms with E-state index in [1.807, 2.05) is 0 Å². The molecule has 5 aromatic carbocycles. The number of carbonyl (C=O) groups excluding carboxylic acids is 4. The van der Waals surface area contributed by atoms with Crippen LogP contribution in [0.1, 0.15) is 164 Å². The Morgan fingerprint density at radius 1 is 0.364 bits per heavy atom. The van der Waals surface area contributed by atoms with Gasteiger partial charge in [0, 0.05) is 12.1 Å². The summed E-state index contributed by atoms with van der Waals surface area (Å²) in [5.74, 6) is -2.00. The van der Waals surface area contributed by atoms with E-state index in [4.69, 9.17) is 28.4 Å². The van der Waals surface area contributed by atoms with Crippen LogP contribution in [0.3, 0.4) is 0 Å². The largest absolute Gasteiger partial charge is 0.494 e. The SMILES string of the molecule is CCCCCCCCCCCCOc1ccc(C(=O)Oc2ccc(C(=O)Oc3cccc(OC(=O)c4ccc(OC(=O)c5ccc(OCCCCCCCCC)cc5F)cc4)c3)cc2)cc1. The molecule has 10 nitrogen and oxygen atoms in total. The molecule has 66 heavy (non-hydrogen) atoms. The first-order valence-corrected chi connectivity index (χ1v) is 23.6. The molecule has 0 fully saturated rings. The summed E-state index contributed by atoms with van der Waals surface area (Å²) in [5, 5.41) is 0. The number of halogens is 1. The van der Waals surface area contributed by atoms with Crippen molar-refractivity contribution in [2.75, 3.05) is 13.2 Å². The monoisotopic (exact) mass is 902 g/mol. The van der Waals surface area contributed by atoms with Crippen LogP contribution in [0.25, 0.3) is 0 Å².